The van der Waals surface area contributed by atoms with Gasteiger partial charge in [-0.3, -0.25) is 4.79 Å². The molecule has 0 aliphatic carbocycles. The smallest absolute Gasteiger partial charge is 0.318 e. The van der Waals surface area contributed by atoms with Gasteiger partial charge in [0, 0.05) is 19.4 Å². The maximum atomic E-state index is 11.3. The summed E-state index contributed by atoms with van der Waals surface area (Å²) < 4.78 is 1.67. The number of aryl methyl sites for hydroxylation is 1. The number of nitrogens with zero attached hydrogens (tertiary/aromatic N) is 2. The van der Waals surface area contributed by atoms with E-state index in [9.17, 15) is 15.0 Å². The van der Waals surface area contributed by atoms with Crippen LogP contribution in [0, 0.1) is 0 Å². The summed E-state index contributed by atoms with van der Waals surface area (Å²) >= 11 is 0. The Hall–Kier alpha value is -2.30. The first kappa shape index (κ1) is 11.2. The molecule has 0 aliphatic heterocycles. The monoisotopic (exact) mass is 232 g/mol. The van der Waals surface area contributed by atoms with Gasteiger partial charge >= 0.3 is 5.97 Å². The van der Waals surface area contributed by atoms with Crippen molar-refractivity contribution in [2.24, 2.45) is 7.05 Å². The summed E-state index contributed by atoms with van der Waals surface area (Å²) in [6.07, 6.45) is 3.26. The number of aromatic nitrogens is 2. The van der Waals surface area contributed by atoms with Crippen LogP contribution >= 0.6 is 0 Å². The van der Waals surface area contributed by atoms with Crippen LogP contribution in [0.4, 0.5) is 0 Å². The summed E-state index contributed by atoms with van der Waals surface area (Å²) in [5.74, 6) is -1.22. The lowest BCUT2D eigenvalue weighted by Gasteiger charge is -2.12. The molecular weight excluding hydrogens is 220 g/mol. The molecule has 2 N–H and O–H groups in total. The first-order valence-electron chi connectivity index (χ1n) is 5.08. The lowest BCUT2D eigenvalue weighted by atomic mass is 9.98. The van der Waals surface area contributed by atoms with E-state index in [0.29, 0.717) is 11.4 Å². The van der Waals surface area contributed by atoms with Crippen molar-refractivity contribution in [1.29, 1.82) is 0 Å². The van der Waals surface area contributed by atoms with E-state index >= 15 is 0 Å². The minimum Gasteiger partial charge on any atom is -0.508 e. The van der Waals surface area contributed by atoms with Crippen molar-refractivity contribution >= 4 is 5.97 Å². The minimum absolute atomic E-state index is 0.109. The second kappa shape index (κ2) is 4.29. The molecule has 88 valence electrons. The molecule has 2 rings (SSSR count). The molecule has 0 fully saturated rings. The molecule has 2 aromatic rings. The van der Waals surface area contributed by atoms with Gasteiger partial charge in [-0.15, -0.1) is 0 Å². The lowest BCUT2D eigenvalue weighted by molar-refractivity contribution is -0.137. The van der Waals surface area contributed by atoms with Gasteiger partial charge in [0.1, 0.15) is 17.5 Å². The molecule has 1 aromatic carbocycles. The fraction of sp³-hybridized carbons (Fsp3) is 0.167. The molecular formula is C12H12N2O3. The van der Waals surface area contributed by atoms with Gasteiger partial charge in [0.15, 0.2) is 0 Å². The molecule has 1 unspecified atom stereocenters. The van der Waals surface area contributed by atoms with Crippen molar-refractivity contribution < 1.29 is 15.0 Å². The number of carboxylic acid groups (broad SMARTS) is 1. The number of aromatic hydroxyl groups is 1. The Kier molecular flexibility index (Phi) is 2.82. The summed E-state index contributed by atoms with van der Waals surface area (Å²) in [5, 5.41) is 18.5. The molecule has 0 saturated heterocycles. The average Bonchev–Trinajstić information content (AvgIpc) is 2.68. The van der Waals surface area contributed by atoms with Gasteiger partial charge in [-0.05, 0) is 17.7 Å². The van der Waals surface area contributed by atoms with Crippen LogP contribution in [0.5, 0.6) is 5.75 Å². The zero-order valence-electron chi connectivity index (χ0n) is 9.24. The highest BCUT2D eigenvalue weighted by Gasteiger charge is 2.25. The second-order valence-electron chi connectivity index (χ2n) is 3.76. The number of hydrogen-bond donors (Lipinski definition) is 2. The summed E-state index contributed by atoms with van der Waals surface area (Å²) in [6.45, 7) is 0. The molecule has 1 heterocycles. The van der Waals surface area contributed by atoms with E-state index in [0.717, 1.165) is 0 Å². The number of benzene rings is 1. The molecule has 1 aromatic heterocycles. The van der Waals surface area contributed by atoms with E-state index in [1.165, 1.54) is 12.1 Å². The Labute approximate surface area is 98.0 Å². The summed E-state index contributed by atoms with van der Waals surface area (Å²) in [5.41, 5.74) is 0.588. The molecule has 1 atom stereocenters. The third-order valence-electron chi connectivity index (χ3n) is 2.59. The number of hydrogen-bond acceptors (Lipinski definition) is 3. The van der Waals surface area contributed by atoms with Gasteiger partial charge in [0.05, 0.1) is 0 Å². The van der Waals surface area contributed by atoms with Crippen LogP contribution in [0.25, 0.3) is 0 Å². The van der Waals surface area contributed by atoms with E-state index in [1.807, 2.05) is 0 Å². The van der Waals surface area contributed by atoms with Crippen molar-refractivity contribution in [3.05, 3.63) is 48.0 Å². The Morgan fingerprint density at radius 1 is 1.35 bits per heavy atom. The molecule has 17 heavy (non-hydrogen) atoms. The number of rotatable bonds is 3. The first-order valence-corrected chi connectivity index (χ1v) is 5.08. The second-order valence-corrected chi connectivity index (χ2v) is 3.76. The van der Waals surface area contributed by atoms with Gasteiger partial charge < -0.3 is 14.8 Å². The Morgan fingerprint density at radius 2 is 2.00 bits per heavy atom. The molecule has 0 amide bonds. The highest BCUT2D eigenvalue weighted by molar-refractivity contribution is 5.79. The molecule has 5 nitrogen and oxygen atoms in total. The van der Waals surface area contributed by atoms with Gasteiger partial charge in [-0.2, -0.15) is 0 Å². The van der Waals surface area contributed by atoms with Crippen LogP contribution in [-0.4, -0.2) is 25.7 Å². The van der Waals surface area contributed by atoms with Gasteiger partial charge in [-0.1, -0.05) is 12.1 Å². The molecule has 0 saturated carbocycles. The third kappa shape index (κ3) is 2.13. The quantitative estimate of drug-likeness (QED) is 0.837. The largest absolute Gasteiger partial charge is 0.508 e. The van der Waals surface area contributed by atoms with Crippen LogP contribution < -0.4 is 0 Å². The van der Waals surface area contributed by atoms with E-state index < -0.39 is 11.9 Å². The first-order chi connectivity index (χ1) is 8.09. The van der Waals surface area contributed by atoms with Crippen LogP contribution in [0.2, 0.25) is 0 Å². The number of phenolic OH excluding ortho intramolecular Hbond substituents is 1. The summed E-state index contributed by atoms with van der Waals surface area (Å²) in [4.78, 5) is 15.4. The number of aliphatic carboxylic acids is 1. The standard InChI is InChI=1S/C12H12N2O3/c1-14-7-6-13-11(14)10(12(16)17)8-2-4-9(15)5-3-8/h2-7,10,15H,1H3,(H,16,17). The van der Waals surface area contributed by atoms with Crippen molar-refractivity contribution in [3.63, 3.8) is 0 Å². The SMILES string of the molecule is Cn1ccnc1C(C(=O)O)c1ccc(O)cc1. The van der Waals surface area contributed by atoms with E-state index in [-0.39, 0.29) is 5.75 Å². The normalized spacial score (nSPS) is 12.3. The van der Waals surface area contributed by atoms with Crippen LogP contribution in [0.3, 0.4) is 0 Å². The summed E-state index contributed by atoms with van der Waals surface area (Å²) in [6, 6.07) is 6.11. The predicted octanol–water partition coefficient (Wildman–Crippen LogP) is 1.34. The topological polar surface area (TPSA) is 75.4 Å². The zero-order chi connectivity index (χ0) is 12.4. The van der Waals surface area contributed by atoms with Crippen LogP contribution in [-0.2, 0) is 11.8 Å². The fourth-order valence-electron chi connectivity index (χ4n) is 1.72. The fourth-order valence-corrected chi connectivity index (χ4v) is 1.72. The maximum absolute atomic E-state index is 11.3. The molecule has 5 heteroatoms. The minimum atomic E-state index is -0.968. The van der Waals surface area contributed by atoms with Gasteiger partial charge in [0.2, 0.25) is 0 Å². The molecule has 0 radical (unpaired) electrons. The maximum Gasteiger partial charge on any atom is 0.318 e. The van der Waals surface area contributed by atoms with E-state index in [1.54, 1.807) is 36.1 Å². The molecule has 0 aliphatic rings. The van der Waals surface area contributed by atoms with Crippen molar-refractivity contribution in [2.45, 2.75) is 5.92 Å². The zero-order valence-corrected chi connectivity index (χ0v) is 9.24. The molecule has 0 bridgehead atoms. The Morgan fingerprint density at radius 3 is 2.47 bits per heavy atom. The Balaban J connectivity index is 2.47. The van der Waals surface area contributed by atoms with Crippen molar-refractivity contribution in [1.82, 2.24) is 9.55 Å². The van der Waals surface area contributed by atoms with E-state index in [2.05, 4.69) is 4.98 Å². The summed E-state index contributed by atoms with van der Waals surface area (Å²) in [7, 11) is 1.75. The predicted molar refractivity (Wildman–Crippen MR) is 60.8 cm³/mol. The highest BCUT2D eigenvalue weighted by Crippen LogP contribution is 2.24. The number of carbonyl (C=O) groups is 1. The van der Waals surface area contributed by atoms with Crippen LogP contribution in [0.15, 0.2) is 36.7 Å². The lowest BCUT2D eigenvalue weighted by Crippen LogP contribution is -2.17. The van der Waals surface area contributed by atoms with Gasteiger partial charge in [-0.25, -0.2) is 4.98 Å². The van der Waals surface area contributed by atoms with Crippen molar-refractivity contribution in [3.8, 4) is 5.75 Å². The van der Waals surface area contributed by atoms with Crippen LogP contribution in [0.1, 0.15) is 17.3 Å². The van der Waals surface area contributed by atoms with E-state index in [4.69, 9.17) is 0 Å². The molecule has 0 spiro atoms. The van der Waals surface area contributed by atoms with Gasteiger partial charge in [0.25, 0.3) is 0 Å². The van der Waals surface area contributed by atoms with Crippen molar-refractivity contribution in [2.75, 3.05) is 0 Å². The Bertz CT molecular complexity index is 531. The number of carboxylic acids is 1. The number of phenols is 1. The number of imidazole rings is 1. The average molecular weight is 232 g/mol. The third-order valence-corrected chi connectivity index (χ3v) is 2.59. The highest BCUT2D eigenvalue weighted by atomic mass is 16.4.